The van der Waals surface area contributed by atoms with Crippen molar-refractivity contribution >= 4 is 5.91 Å². The minimum atomic E-state index is -0.107. The Bertz CT molecular complexity index is 630. The van der Waals surface area contributed by atoms with Crippen LogP contribution < -0.4 is 5.32 Å². The lowest BCUT2D eigenvalue weighted by Crippen LogP contribution is -2.33. The summed E-state index contributed by atoms with van der Waals surface area (Å²) in [5.41, 5.74) is 3.41. The predicted molar refractivity (Wildman–Crippen MR) is 84.4 cm³/mol. The molecule has 1 aromatic carbocycles. The number of hydrogen-bond donors (Lipinski definition) is 1. The second kappa shape index (κ2) is 7.13. The van der Waals surface area contributed by atoms with E-state index >= 15 is 0 Å². The van der Waals surface area contributed by atoms with Crippen LogP contribution in [0.15, 0.2) is 43.0 Å². The van der Waals surface area contributed by atoms with Gasteiger partial charge < -0.3 is 5.32 Å². The zero-order valence-electron chi connectivity index (χ0n) is 12.5. The number of aromatic nitrogens is 2. The average molecular weight is 296 g/mol. The van der Waals surface area contributed by atoms with Crippen LogP contribution in [0.3, 0.4) is 0 Å². The van der Waals surface area contributed by atoms with E-state index < -0.39 is 0 Å². The zero-order valence-corrected chi connectivity index (χ0v) is 12.5. The Morgan fingerprint density at radius 1 is 1.18 bits per heavy atom. The molecular formula is C17H20N4O. The van der Waals surface area contributed by atoms with Gasteiger partial charge in [0.1, 0.15) is 6.33 Å². The van der Waals surface area contributed by atoms with E-state index in [9.17, 15) is 4.79 Å². The molecule has 3 rings (SSSR count). The standard InChI is InChI=1S/C17H20N4O/c22-17(16-10-18-13-19-11-16)20-7-3-8-21-9-6-14-4-1-2-5-15(14)12-21/h1-2,4-5,10-11,13H,3,6-9,12H2,(H,20,22). The molecule has 2 heterocycles. The number of fused-ring (bicyclic) bond motifs is 1. The van der Waals surface area contributed by atoms with E-state index in [1.165, 1.54) is 29.8 Å². The van der Waals surface area contributed by atoms with Gasteiger partial charge in [-0.05, 0) is 24.0 Å². The topological polar surface area (TPSA) is 58.1 Å². The number of rotatable bonds is 5. The van der Waals surface area contributed by atoms with E-state index in [1.54, 1.807) is 0 Å². The highest BCUT2D eigenvalue weighted by Gasteiger charge is 2.15. The quantitative estimate of drug-likeness (QED) is 0.853. The number of hydrogen-bond acceptors (Lipinski definition) is 4. The molecule has 0 atom stereocenters. The number of carbonyl (C=O) groups excluding carboxylic acids is 1. The molecule has 0 aliphatic carbocycles. The third kappa shape index (κ3) is 3.68. The van der Waals surface area contributed by atoms with Crippen molar-refractivity contribution in [2.45, 2.75) is 19.4 Å². The van der Waals surface area contributed by atoms with Crippen LogP contribution in [0.25, 0.3) is 0 Å². The largest absolute Gasteiger partial charge is 0.352 e. The zero-order chi connectivity index (χ0) is 15.2. The van der Waals surface area contributed by atoms with Gasteiger partial charge in [-0.15, -0.1) is 0 Å². The molecule has 1 aliphatic rings. The fraction of sp³-hybridized carbons (Fsp3) is 0.353. The van der Waals surface area contributed by atoms with Gasteiger partial charge in [-0.25, -0.2) is 9.97 Å². The van der Waals surface area contributed by atoms with Crippen molar-refractivity contribution in [3.05, 3.63) is 59.7 Å². The Morgan fingerprint density at radius 2 is 1.95 bits per heavy atom. The predicted octanol–water partition coefficient (Wildman–Crippen LogP) is 1.65. The second-order valence-corrected chi connectivity index (χ2v) is 5.53. The molecule has 0 radical (unpaired) electrons. The Kier molecular flexibility index (Phi) is 4.75. The van der Waals surface area contributed by atoms with Gasteiger partial charge in [-0.3, -0.25) is 9.69 Å². The van der Waals surface area contributed by atoms with Crippen molar-refractivity contribution < 1.29 is 4.79 Å². The molecule has 0 saturated carbocycles. The maximum Gasteiger partial charge on any atom is 0.254 e. The Morgan fingerprint density at radius 3 is 2.77 bits per heavy atom. The molecule has 5 nitrogen and oxygen atoms in total. The lowest BCUT2D eigenvalue weighted by atomic mass is 10.00. The molecule has 22 heavy (non-hydrogen) atoms. The Labute approximate surface area is 130 Å². The van der Waals surface area contributed by atoms with Crippen molar-refractivity contribution in [1.29, 1.82) is 0 Å². The van der Waals surface area contributed by atoms with Gasteiger partial charge in [0.25, 0.3) is 5.91 Å². The maximum absolute atomic E-state index is 11.9. The highest BCUT2D eigenvalue weighted by molar-refractivity contribution is 5.93. The van der Waals surface area contributed by atoms with Gasteiger partial charge in [0.15, 0.2) is 0 Å². The van der Waals surface area contributed by atoms with E-state index in [-0.39, 0.29) is 5.91 Å². The van der Waals surface area contributed by atoms with Crippen LogP contribution in [0.4, 0.5) is 0 Å². The fourth-order valence-corrected chi connectivity index (χ4v) is 2.77. The van der Waals surface area contributed by atoms with Gasteiger partial charge in [0.05, 0.1) is 5.56 Å². The second-order valence-electron chi connectivity index (χ2n) is 5.53. The molecule has 2 aromatic rings. The van der Waals surface area contributed by atoms with E-state index in [0.29, 0.717) is 12.1 Å². The maximum atomic E-state index is 11.9. The van der Waals surface area contributed by atoms with Crippen LogP contribution in [0.2, 0.25) is 0 Å². The van der Waals surface area contributed by atoms with Gasteiger partial charge in [-0.1, -0.05) is 24.3 Å². The first kappa shape index (κ1) is 14.7. The van der Waals surface area contributed by atoms with Crippen LogP contribution in [-0.2, 0) is 13.0 Å². The molecule has 114 valence electrons. The van der Waals surface area contributed by atoms with Crippen LogP contribution in [0, 0.1) is 0 Å². The molecular weight excluding hydrogens is 276 g/mol. The summed E-state index contributed by atoms with van der Waals surface area (Å²) in [6.07, 6.45) is 6.55. The molecule has 0 saturated heterocycles. The molecule has 0 bridgehead atoms. The van der Waals surface area contributed by atoms with Gasteiger partial charge in [0.2, 0.25) is 0 Å². The fourth-order valence-electron chi connectivity index (χ4n) is 2.77. The van der Waals surface area contributed by atoms with Gasteiger partial charge >= 0.3 is 0 Å². The summed E-state index contributed by atoms with van der Waals surface area (Å²) in [4.78, 5) is 22.0. The van der Waals surface area contributed by atoms with Crippen molar-refractivity contribution in [3.8, 4) is 0 Å². The Balaban J connectivity index is 1.40. The van der Waals surface area contributed by atoms with E-state index in [4.69, 9.17) is 0 Å². The van der Waals surface area contributed by atoms with Crippen LogP contribution >= 0.6 is 0 Å². The van der Waals surface area contributed by atoms with E-state index in [0.717, 1.165) is 32.5 Å². The SMILES string of the molecule is O=C(NCCCN1CCc2ccccc2C1)c1cncnc1. The molecule has 1 aliphatic heterocycles. The van der Waals surface area contributed by atoms with Crippen LogP contribution in [-0.4, -0.2) is 40.4 Å². The smallest absolute Gasteiger partial charge is 0.254 e. The highest BCUT2D eigenvalue weighted by atomic mass is 16.1. The van der Waals surface area contributed by atoms with E-state index in [1.807, 2.05) is 0 Å². The van der Waals surface area contributed by atoms with Crippen molar-refractivity contribution in [3.63, 3.8) is 0 Å². The summed E-state index contributed by atoms with van der Waals surface area (Å²) >= 11 is 0. The number of benzene rings is 1. The minimum Gasteiger partial charge on any atom is -0.352 e. The monoisotopic (exact) mass is 296 g/mol. The summed E-state index contributed by atoms with van der Waals surface area (Å²) in [7, 11) is 0. The minimum absolute atomic E-state index is 0.107. The normalized spacial score (nSPS) is 14.4. The molecule has 1 aromatic heterocycles. The first-order valence-corrected chi connectivity index (χ1v) is 7.65. The summed E-state index contributed by atoms with van der Waals surface area (Å²) in [6, 6.07) is 8.63. The van der Waals surface area contributed by atoms with Crippen molar-refractivity contribution in [1.82, 2.24) is 20.2 Å². The van der Waals surface area contributed by atoms with Gasteiger partial charge in [-0.2, -0.15) is 0 Å². The summed E-state index contributed by atoms with van der Waals surface area (Å²) in [5, 5.41) is 2.91. The highest BCUT2D eigenvalue weighted by Crippen LogP contribution is 2.18. The number of amides is 1. The lowest BCUT2D eigenvalue weighted by molar-refractivity contribution is 0.0950. The first-order chi connectivity index (χ1) is 10.8. The summed E-state index contributed by atoms with van der Waals surface area (Å²) in [6.45, 7) is 3.78. The van der Waals surface area contributed by atoms with Gasteiger partial charge in [0, 0.05) is 38.6 Å². The first-order valence-electron chi connectivity index (χ1n) is 7.65. The summed E-state index contributed by atoms with van der Waals surface area (Å²) in [5.74, 6) is -0.107. The van der Waals surface area contributed by atoms with Crippen molar-refractivity contribution in [2.24, 2.45) is 0 Å². The lowest BCUT2D eigenvalue weighted by Gasteiger charge is -2.28. The average Bonchev–Trinajstić information content (AvgIpc) is 2.59. The molecule has 0 spiro atoms. The van der Waals surface area contributed by atoms with Crippen LogP contribution in [0.1, 0.15) is 27.9 Å². The van der Waals surface area contributed by atoms with Crippen molar-refractivity contribution in [2.75, 3.05) is 19.6 Å². The Hall–Kier alpha value is -2.27. The number of nitrogens with one attached hydrogen (secondary N) is 1. The number of nitrogens with zero attached hydrogens (tertiary/aromatic N) is 3. The van der Waals surface area contributed by atoms with Crippen LogP contribution in [0.5, 0.6) is 0 Å². The molecule has 1 N–H and O–H groups in total. The number of carbonyl (C=O) groups is 1. The summed E-state index contributed by atoms with van der Waals surface area (Å²) < 4.78 is 0. The van der Waals surface area contributed by atoms with E-state index in [2.05, 4.69) is 44.5 Å². The molecule has 5 heteroatoms. The molecule has 1 amide bonds. The third-order valence-electron chi connectivity index (χ3n) is 3.97. The molecule has 0 unspecified atom stereocenters. The molecule has 0 fully saturated rings. The third-order valence-corrected chi connectivity index (χ3v) is 3.97.